The van der Waals surface area contributed by atoms with Crippen LogP contribution in [0.4, 0.5) is 0 Å². The predicted molar refractivity (Wildman–Crippen MR) is 76.7 cm³/mol. The van der Waals surface area contributed by atoms with Crippen molar-refractivity contribution in [3.05, 3.63) is 16.1 Å². The molecule has 17 heavy (non-hydrogen) atoms. The zero-order valence-electron chi connectivity index (χ0n) is 12.0. The zero-order valence-corrected chi connectivity index (χ0v) is 12.8. The van der Waals surface area contributed by atoms with Crippen LogP contribution in [-0.2, 0) is 5.54 Å². The molecule has 3 heteroatoms. The summed E-state index contributed by atoms with van der Waals surface area (Å²) in [7, 11) is 0. The van der Waals surface area contributed by atoms with Crippen molar-refractivity contribution < 1.29 is 0 Å². The summed E-state index contributed by atoms with van der Waals surface area (Å²) >= 11 is 1.79. The first-order chi connectivity index (χ1) is 7.95. The molecule has 0 saturated carbocycles. The van der Waals surface area contributed by atoms with Crippen LogP contribution in [0.1, 0.15) is 64.6 Å². The molecule has 2 atom stereocenters. The minimum Gasteiger partial charge on any atom is -0.306 e. The SMILES string of the molecule is CCNC(C)(c1nc(C(C)C)cs1)C(C)CC. The van der Waals surface area contributed by atoms with Crippen LogP contribution in [0.3, 0.4) is 0 Å². The molecule has 0 aliphatic rings. The van der Waals surface area contributed by atoms with Gasteiger partial charge in [0.2, 0.25) is 0 Å². The quantitative estimate of drug-likeness (QED) is 0.825. The second-order valence-electron chi connectivity index (χ2n) is 5.27. The Bertz CT molecular complexity index is 346. The van der Waals surface area contributed by atoms with E-state index >= 15 is 0 Å². The topological polar surface area (TPSA) is 24.9 Å². The average Bonchev–Trinajstić information content (AvgIpc) is 2.77. The van der Waals surface area contributed by atoms with E-state index in [1.54, 1.807) is 11.3 Å². The number of nitrogens with zero attached hydrogens (tertiary/aromatic N) is 1. The van der Waals surface area contributed by atoms with Crippen LogP contribution < -0.4 is 5.32 Å². The standard InChI is InChI=1S/C14H26N2S/c1-7-11(5)14(6,15-8-2)13-16-12(9-17-13)10(3)4/h9-11,15H,7-8H2,1-6H3. The molecular formula is C14H26N2S. The lowest BCUT2D eigenvalue weighted by atomic mass is 9.85. The fourth-order valence-corrected chi connectivity index (χ4v) is 3.26. The summed E-state index contributed by atoms with van der Waals surface area (Å²) in [5.41, 5.74) is 1.24. The van der Waals surface area contributed by atoms with Gasteiger partial charge in [-0.1, -0.05) is 41.0 Å². The van der Waals surface area contributed by atoms with Crippen molar-refractivity contribution in [1.82, 2.24) is 10.3 Å². The number of thiazole rings is 1. The molecule has 0 aromatic carbocycles. The molecule has 0 fully saturated rings. The molecule has 0 bridgehead atoms. The highest BCUT2D eigenvalue weighted by Gasteiger charge is 2.34. The Labute approximate surface area is 110 Å². The molecule has 0 amide bonds. The van der Waals surface area contributed by atoms with E-state index in [4.69, 9.17) is 4.98 Å². The van der Waals surface area contributed by atoms with Crippen LogP contribution >= 0.6 is 11.3 Å². The van der Waals surface area contributed by atoms with Crippen LogP contribution in [0.5, 0.6) is 0 Å². The molecule has 0 radical (unpaired) electrons. The van der Waals surface area contributed by atoms with Crippen LogP contribution in [0.15, 0.2) is 5.38 Å². The maximum Gasteiger partial charge on any atom is 0.113 e. The van der Waals surface area contributed by atoms with Crippen molar-refractivity contribution in [2.24, 2.45) is 5.92 Å². The van der Waals surface area contributed by atoms with E-state index in [1.807, 2.05) is 0 Å². The van der Waals surface area contributed by atoms with E-state index in [0.29, 0.717) is 11.8 Å². The molecule has 2 nitrogen and oxygen atoms in total. The Morgan fingerprint density at radius 1 is 1.35 bits per heavy atom. The molecule has 0 aliphatic carbocycles. The summed E-state index contributed by atoms with van der Waals surface area (Å²) in [6, 6.07) is 0. The third kappa shape index (κ3) is 3.08. The maximum atomic E-state index is 4.83. The van der Waals surface area contributed by atoms with Crippen molar-refractivity contribution >= 4 is 11.3 Å². The number of hydrogen-bond donors (Lipinski definition) is 1. The van der Waals surface area contributed by atoms with Gasteiger partial charge in [-0.15, -0.1) is 11.3 Å². The molecule has 2 unspecified atom stereocenters. The van der Waals surface area contributed by atoms with Crippen molar-refractivity contribution in [2.45, 2.75) is 59.4 Å². The number of nitrogens with one attached hydrogen (secondary N) is 1. The van der Waals surface area contributed by atoms with Crippen molar-refractivity contribution in [3.8, 4) is 0 Å². The highest BCUT2D eigenvalue weighted by molar-refractivity contribution is 7.09. The van der Waals surface area contributed by atoms with Crippen LogP contribution in [0, 0.1) is 5.92 Å². The van der Waals surface area contributed by atoms with Gasteiger partial charge in [-0.05, 0) is 25.3 Å². The smallest absolute Gasteiger partial charge is 0.113 e. The van der Waals surface area contributed by atoms with Gasteiger partial charge >= 0.3 is 0 Å². The van der Waals surface area contributed by atoms with E-state index in [-0.39, 0.29) is 5.54 Å². The summed E-state index contributed by atoms with van der Waals surface area (Å²) < 4.78 is 0. The van der Waals surface area contributed by atoms with Crippen molar-refractivity contribution in [2.75, 3.05) is 6.54 Å². The minimum absolute atomic E-state index is 0.0152. The fourth-order valence-electron chi connectivity index (χ4n) is 2.03. The van der Waals surface area contributed by atoms with Gasteiger partial charge in [0.25, 0.3) is 0 Å². The number of hydrogen-bond acceptors (Lipinski definition) is 3. The molecule has 0 saturated heterocycles. The largest absolute Gasteiger partial charge is 0.306 e. The van der Waals surface area contributed by atoms with Crippen LogP contribution in [0.25, 0.3) is 0 Å². The van der Waals surface area contributed by atoms with E-state index in [1.165, 1.54) is 17.1 Å². The number of aromatic nitrogens is 1. The maximum absolute atomic E-state index is 4.83. The summed E-state index contributed by atoms with van der Waals surface area (Å²) in [6.45, 7) is 14.4. The highest BCUT2D eigenvalue weighted by Crippen LogP contribution is 2.34. The molecule has 0 spiro atoms. The van der Waals surface area contributed by atoms with E-state index in [0.717, 1.165) is 6.54 Å². The molecule has 1 aromatic rings. The third-order valence-corrected chi connectivity index (χ3v) is 4.80. The Morgan fingerprint density at radius 2 is 2.00 bits per heavy atom. The van der Waals surface area contributed by atoms with Crippen LogP contribution in [0.2, 0.25) is 0 Å². The second-order valence-corrected chi connectivity index (χ2v) is 6.13. The van der Waals surface area contributed by atoms with Crippen molar-refractivity contribution in [3.63, 3.8) is 0 Å². The summed E-state index contributed by atoms with van der Waals surface area (Å²) in [4.78, 5) is 4.83. The highest BCUT2D eigenvalue weighted by atomic mass is 32.1. The molecule has 1 rings (SSSR count). The fraction of sp³-hybridized carbons (Fsp3) is 0.786. The first kappa shape index (κ1) is 14.7. The summed E-state index contributed by atoms with van der Waals surface area (Å²) in [5, 5.41) is 7.07. The van der Waals surface area contributed by atoms with E-state index < -0.39 is 0 Å². The lowest BCUT2D eigenvalue weighted by Gasteiger charge is -2.34. The Balaban J connectivity index is 3.04. The van der Waals surface area contributed by atoms with Gasteiger partial charge in [0.05, 0.1) is 11.2 Å². The predicted octanol–water partition coefficient (Wildman–Crippen LogP) is 4.14. The molecule has 0 aliphatic heterocycles. The van der Waals surface area contributed by atoms with Gasteiger partial charge in [0, 0.05) is 5.38 Å². The molecule has 1 aromatic heterocycles. The first-order valence-electron chi connectivity index (χ1n) is 6.66. The second kappa shape index (κ2) is 5.96. The zero-order chi connectivity index (χ0) is 13.1. The minimum atomic E-state index is 0.0152. The lowest BCUT2D eigenvalue weighted by molar-refractivity contribution is 0.245. The molecule has 98 valence electrons. The monoisotopic (exact) mass is 254 g/mol. The van der Waals surface area contributed by atoms with Gasteiger partial charge < -0.3 is 5.32 Å². The van der Waals surface area contributed by atoms with E-state index in [9.17, 15) is 0 Å². The van der Waals surface area contributed by atoms with Gasteiger partial charge in [0.15, 0.2) is 0 Å². The average molecular weight is 254 g/mol. The normalized spacial score (nSPS) is 17.1. The first-order valence-corrected chi connectivity index (χ1v) is 7.54. The summed E-state index contributed by atoms with van der Waals surface area (Å²) in [5.74, 6) is 1.11. The van der Waals surface area contributed by atoms with E-state index in [2.05, 4.69) is 52.2 Å². The Morgan fingerprint density at radius 3 is 2.41 bits per heavy atom. The van der Waals surface area contributed by atoms with Gasteiger partial charge in [-0.2, -0.15) is 0 Å². The molecular weight excluding hydrogens is 228 g/mol. The van der Waals surface area contributed by atoms with Crippen molar-refractivity contribution in [1.29, 1.82) is 0 Å². The Hall–Kier alpha value is -0.410. The third-order valence-electron chi connectivity index (χ3n) is 3.70. The summed E-state index contributed by atoms with van der Waals surface area (Å²) in [6.07, 6.45) is 1.17. The van der Waals surface area contributed by atoms with Crippen LogP contribution in [-0.4, -0.2) is 11.5 Å². The number of rotatable bonds is 6. The lowest BCUT2D eigenvalue weighted by Crippen LogP contribution is -2.44. The Kier molecular flexibility index (Phi) is 5.14. The molecule has 1 N–H and O–H groups in total. The molecule has 1 heterocycles. The van der Waals surface area contributed by atoms with Gasteiger partial charge in [-0.25, -0.2) is 4.98 Å². The van der Waals surface area contributed by atoms with Gasteiger partial charge in [-0.3, -0.25) is 0 Å². The van der Waals surface area contributed by atoms with Gasteiger partial charge in [0.1, 0.15) is 5.01 Å².